The third kappa shape index (κ3) is 2.32. The van der Waals surface area contributed by atoms with Crippen LogP contribution in [-0.4, -0.2) is 16.7 Å². The van der Waals surface area contributed by atoms with Gasteiger partial charge in [-0.25, -0.2) is 0 Å². The molecule has 4 heteroatoms. The van der Waals surface area contributed by atoms with Gasteiger partial charge in [0.25, 0.3) is 0 Å². The largest absolute Gasteiger partial charge is 0.425 e. The number of nitrogens with zero attached hydrogens (tertiary/aromatic N) is 2. The highest BCUT2D eigenvalue weighted by Gasteiger charge is 2.20. The first-order valence-corrected chi connectivity index (χ1v) is 5.40. The number of hydrogen-bond donors (Lipinski definition) is 1. The minimum Gasteiger partial charge on any atom is -0.425 e. The first-order valence-electron chi connectivity index (χ1n) is 5.40. The van der Waals surface area contributed by atoms with Crippen molar-refractivity contribution < 1.29 is 4.42 Å². The van der Waals surface area contributed by atoms with E-state index in [2.05, 4.69) is 10.2 Å². The Morgan fingerprint density at radius 2 is 2.07 bits per heavy atom. The first kappa shape index (κ1) is 9.65. The number of rotatable bonds is 5. The molecule has 0 aromatic carbocycles. The molecule has 0 saturated heterocycles. The highest BCUT2D eigenvalue weighted by molar-refractivity contribution is 4.86. The van der Waals surface area contributed by atoms with E-state index in [0.29, 0.717) is 6.54 Å². The molecule has 4 nitrogen and oxygen atoms in total. The van der Waals surface area contributed by atoms with E-state index in [1.54, 1.807) is 0 Å². The minimum absolute atomic E-state index is 0.681. The molecule has 1 aromatic heterocycles. The maximum absolute atomic E-state index is 5.51. The summed E-state index contributed by atoms with van der Waals surface area (Å²) in [5.74, 6) is 2.34. The molecule has 2 rings (SSSR count). The van der Waals surface area contributed by atoms with Gasteiger partial charge in [0, 0.05) is 12.8 Å². The minimum atomic E-state index is 0.681. The van der Waals surface area contributed by atoms with Crippen molar-refractivity contribution in [2.24, 2.45) is 11.7 Å². The van der Waals surface area contributed by atoms with Crippen molar-refractivity contribution in [3.05, 3.63) is 11.8 Å². The fourth-order valence-corrected chi connectivity index (χ4v) is 1.67. The topological polar surface area (TPSA) is 64.9 Å². The molecule has 14 heavy (non-hydrogen) atoms. The van der Waals surface area contributed by atoms with E-state index < -0.39 is 0 Å². The summed E-state index contributed by atoms with van der Waals surface area (Å²) >= 11 is 0. The van der Waals surface area contributed by atoms with E-state index in [9.17, 15) is 0 Å². The van der Waals surface area contributed by atoms with Gasteiger partial charge in [0.2, 0.25) is 11.8 Å². The second-order valence-corrected chi connectivity index (χ2v) is 3.98. The molecule has 0 bridgehead atoms. The van der Waals surface area contributed by atoms with E-state index in [1.165, 1.54) is 19.3 Å². The normalized spacial score (nSPS) is 16.9. The zero-order valence-corrected chi connectivity index (χ0v) is 8.41. The van der Waals surface area contributed by atoms with Gasteiger partial charge in [0.05, 0.1) is 0 Å². The Hall–Kier alpha value is -0.900. The maximum atomic E-state index is 5.51. The van der Waals surface area contributed by atoms with Gasteiger partial charge in [0.1, 0.15) is 0 Å². The lowest BCUT2D eigenvalue weighted by atomic mass is 9.83. The molecular formula is C10H17N3O. The summed E-state index contributed by atoms with van der Waals surface area (Å²) in [5.41, 5.74) is 5.40. The smallest absolute Gasteiger partial charge is 0.216 e. The molecule has 1 aromatic rings. The zero-order chi connectivity index (χ0) is 9.80. The molecule has 78 valence electrons. The van der Waals surface area contributed by atoms with Gasteiger partial charge in [-0.3, -0.25) is 0 Å². The molecule has 0 radical (unpaired) electrons. The Morgan fingerprint density at radius 3 is 2.71 bits per heavy atom. The third-order valence-corrected chi connectivity index (χ3v) is 2.79. The Bertz CT molecular complexity index is 281. The molecule has 1 aliphatic carbocycles. The van der Waals surface area contributed by atoms with Crippen LogP contribution in [0.25, 0.3) is 0 Å². The Morgan fingerprint density at radius 1 is 1.29 bits per heavy atom. The molecule has 0 atom stereocenters. The summed E-state index contributed by atoms with van der Waals surface area (Å²) in [6.45, 7) is 0.681. The monoisotopic (exact) mass is 195 g/mol. The fraction of sp³-hybridized carbons (Fsp3) is 0.800. The van der Waals surface area contributed by atoms with Crippen molar-refractivity contribution in [3.8, 4) is 0 Å². The SMILES string of the molecule is NCCCc1nnc(CC2CCC2)o1. The Labute approximate surface area is 83.9 Å². The van der Waals surface area contributed by atoms with Crippen molar-refractivity contribution in [2.75, 3.05) is 6.54 Å². The second-order valence-electron chi connectivity index (χ2n) is 3.98. The van der Waals surface area contributed by atoms with Crippen molar-refractivity contribution in [1.29, 1.82) is 0 Å². The van der Waals surface area contributed by atoms with Gasteiger partial charge in [0.15, 0.2) is 0 Å². The lowest BCUT2D eigenvalue weighted by molar-refractivity contribution is 0.286. The predicted octanol–water partition coefficient (Wildman–Crippen LogP) is 1.30. The summed E-state index contributed by atoms with van der Waals surface area (Å²) < 4.78 is 5.51. The lowest BCUT2D eigenvalue weighted by Crippen LogP contribution is -2.13. The van der Waals surface area contributed by atoms with Crippen LogP contribution in [0.15, 0.2) is 4.42 Å². The van der Waals surface area contributed by atoms with Crippen molar-refractivity contribution >= 4 is 0 Å². The summed E-state index contributed by atoms with van der Waals surface area (Å²) in [5, 5.41) is 8.03. The number of nitrogens with two attached hydrogens (primary N) is 1. The highest BCUT2D eigenvalue weighted by Crippen LogP contribution is 2.29. The van der Waals surface area contributed by atoms with Crippen LogP contribution >= 0.6 is 0 Å². The summed E-state index contributed by atoms with van der Waals surface area (Å²) in [6.07, 6.45) is 6.70. The predicted molar refractivity (Wildman–Crippen MR) is 52.7 cm³/mol. The molecule has 0 unspecified atom stereocenters. The molecule has 0 aliphatic heterocycles. The van der Waals surface area contributed by atoms with Gasteiger partial charge in [-0.05, 0) is 31.7 Å². The molecule has 1 heterocycles. The Kier molecular flexibility index (Phi) is 3.14. The molecule has 2 N–H and O–H groups in total. The van der Waals surface area contributed by atoms with Gasteiger partial charge in [-0.2, -0.15) is 0 Å². The van der Waals surface area contributed by atoms with Crippen LogP contribution in [0.2, 0.25) is 0 Å². The maximum Gasteiger partial charge on any atom is 0.216 e. The van der Waals surface area contributed by atoms with Crippen molar-refractivity contribution in [1.82, 2.24) is 10.2 Å². The standard InChI is InChI=1S/C10H17N3O/c11-6-2-5-9-12-13-10(14-9)7-8-3-1-4-8/h8H,1-7,11H2. The summed E-state index contributed by atoms with van der Waals surface area (Å²) in [4.78, 5) is 0. The summed E-state index contributed by atoms with van der Waals surface area (Å²) in [6, 6.07) is 0. The van der Waals surface area contributed by atoms with E-state index in [1.807, 2.05) is 0 Å². The molecule has 1 saturated carbocycles. The van der Waals surface area contributed by atoms with E-state index in [0.717, 1.165) is 37.0 Å². The molecule has 1 aliphatic rings. The molecule has 0 amide bonds. The molecular weight excluding hydrogens is 178 g/mol. The quantitative estimate of drug-likeness (QED) is 0.769. The molecule has 1 fully saturated rings. The first-order chi connectivity index (χ1) is 6.88. The van der Waals surface area contributed by atoms with Crippen LogP contribution < -0.4 is 5.73 Å². The number of aryl methyl sites for hydroxylation is 1. The van der Waals surface area contributed by atoms with Crippen LogP contribution in [0.4, 0.5) is 0 Å². The third-order valence-electron chi connectivity index (χ3n) is 2.79. The van der Waals surface area contributed by atoms with Crippen LogP contribution in [0.3, 0.4) is 0 Å². The fourth-order valence-electron chi connectivity index (χ4n) is 1.67. The number of hydrogen-bond acceptors (Lipinski definition) is 4. The van der Waals surface area contributed by atoms with Crippen LogP contribution in [-0.2, 0) is 12.8 Å². The zero-order valence-electron chi connectivity index (χ0n) is 8.41. The summed E-state index contributed by atoms with van der Waals surface area (Å²) in [7, 11) is 0. The van der Waals surface area contributed by atoms with Gasteiger partial charge < -0.3 is 10.2 Å². The second kappa shape index (κ2) is 4.55. The Balaban J connectivity index is 1.82. The highest BCUT2D eigenvalue weighted by atomic mass is 16.4. The van der Waals surface area contributed by atoms with E-state index in [4.69, 9.17) is 10.2 Å². The van der Waals surface area contributed by atoms with E-state index >= 15 is 0 Å². The molecule has 0 spiro atoms. The number of aromatic nitrogens is 2. The lowest BCUT2D eigenvalue weighted by Gasteiger charge is -2.23. The van der Waals surface area contributed by atoms with E-state index in [-0.39, 0.29) is 0 Å². The average Bonchev–Trinajstić information content (AvgIpc) is 2.56. The van der Waals surface area contributed by atoms with Crippen LogP contribution in [0.1, 0.15) is 37.5 Å². The van der Waals surface area contributed by atoms with Crippen LogP contribution in [0, 0.1) is 5.92 Å². The van der Waals surface area contributed by atoms with Gasteiger partial charge in [-0.15, -0.1) is 10.2 Å². The van der Waals surface area contributed by atoms with Crippen molar-refractivity contribution in [2.45, 2.75) is 38.5 Å². The van der Waals surface area contributed by atoms with Gasteiger partial charge in [-0.1, -0.05) is 6.42 Å². The van der Waals surface area contributed by atoms with Gasteiger partial charge >= 0.3 is 0 Å². The average molecular weight is 195 g/mol. The van der Waals surface area contributed by atoms with Crippen LogP contribution in [0.5, 0.6) is 0 Å². The van der Waals surface area contributed by atoms with Crippen molar-refractivity contribution in [3.63, 3.8) is 0 Å².